The molecule has 0 bridgehead atoms. The number of amides is 1. The van der Waals surface area contributed by atoms with Crippen LogP contribution in [0.2, 0.25) is 0 Å². The molecule has 0 saturated heterocycles. The fraction of sp³-hybridized carbons (Fsp3) is 0. The van der Waals surface area contributed by atoms with Crippen molar-refractivity contribution in [1.82, 2.24) is 0 Å². The molecule has 0 aliphatic heterocycles. The maximum Gasteiger partial charge on any atom is 0.272 e. The minimum Gasteiger partial charge on any atom is -0.319 e. The van der Waals surface area contributed by atoms with Crippen LogP contribution in [0.25, 0.3) is 0 Å². The van der Waals surface area contributed by atoms with Gasteiger partial charge >= 0.3 is 0 Å². The van der Waals surface area contributed by atoms with Crippen molar-refractivity contribution in [3.8, 4) is 6.07 Å². The number of hydrogen-bond acceptors (Lipinski definition) is 4. The number of nitrogens with one attached hydrogen (secondary N) is 1. The van der Waals surface area contributed by atoms with E-state index in [-0.39, 0.29) is 11.3 Å². The molecule has 21 heavy (non-hydrogen) atoms. The Hall–Kier alpha value is -3.27. The molecule has 0 heterocycles. The number of hydrogen-bond donors (Lipinski definition) is 1. The molecule has 0 fully saturated rings. The molecule has 0 aliphatic carbocycles. The summed E-state index contributed by atoms with van der Waals surface area (Å²) in [5.74, 6) is -1.52. The second-order valence-electron chi connectivity index (χ2n) is 4.07. The Morgan fingerprint density at radius 3 is 2.67 bits per heavy atom. The summed E-state index contributed by atoms with van der Waals surface area (Å²) in [5, 5.41) is 21.6. The zero-order chi connectivity index (χ0) is 15.4. The fourth-order valence-corrected chi connectivity index (χ4v) is 1.64. The van der Waals surface area contributed by atoms with Crippen molar-refractivity contribution >= 4 is 17.3 Å². The summed E-state index contributed by atoms with van der Waals surface area (Å²) in [4.78, 5) is 21.7. The Kier molecular flexibility index (Phi) is 3.90. The topological polar surface area (TPSA) is 96.0 Å². The third-order valence-electron chi connectivity index (χ3n) is 2.67. The van der Waals surface area contributed by atoms with Crippen molar-refractivity contribution in [1.29, 1.82) is 5.26 Å². The van der Waals surface area contributed by atoms with Crippen LogP contribution in [0.5, 0.6) is 0 Å². The van der Waals surface area contributed by atoms with Gasteiger partial charge in [-0.05, 0) is 24.3 Å². The molecule has 2 aromatic carbocycles. The minimum atomic E-state index is -0.908. The van der Waals surface area contributed by atoms with Crippen LogP contribution in [0.1, 0.15) is 15.9 Å². The van der Waals surface area contributed by atoms with Crippen molar-refractivity contribution in [2.45, 2.75) is 0 Å². The van der Waals surface area contributed by atoms with Crippen molar-refractivity contribution < 1.29 is 14.1 Å². The molecule has 0 radical (unpaired) electrons. The third-order valence-corrected chi connectivity index (χ3v) is 2.67. The van der Waals surface area contributed by atoms with Crippen molar-refractivity contribution in [2.24, 2.45) is 0 Å². The molecule has 0 aromatic heterocycles. The first-order chi connectivity index (χ1) is 10.0. The van der Waals surface area contributed by atoms with Gasteiger partial charge in [-0.3, -0.25) is 14.9 Å². The smallest absolute Gasteiger partial charge is 0.272 e. The SMILES string of the molecule is N#Cc1cccc(C(=O)Nc2ccc([N+](=O)[O-])cc2F)c1. The van der Waals surface area contributed by atoms with Gasteiger partial charge in [0.05, 0.1) is 28.3 Å². The molecule has 6 nitrogen and oxygen atoms in total. The summed E-state index contributed by atoms with van der Waals surface area (Å²) in [6, 6.07) is 10.7. The summed E-state index contributed by atoms with van der Waals surface area (Å²) in [6.07, 6.45) is 0. The molecular formula is C14H8FN3O3. The molecule has 0 aliphatic rings. The molecular weight excluding hydrogens is 277 g/mol. The number of non-ortho nitro benzene ring substituents is 1. The maximum atomic E-state index is 13.7. The summed E-state index contributed by atoms with van der Waals surface area (Å²) >= 11 is 0. The normalized spacial score (nSPS) is 9.71. The monoisotopic (exact) mass is 285 g/mol. The average Bonchev–Trinajstić information content (AvgIpc) is 2.49. The first-order valence-electron chi connectivity index (χ1n) is 5.76. The van der Waals surface area contributed by atoms with E-state index in [1.807, 2.05) is 6.07 Å². The Labute approximate surface area is 118 Å². The lowest BCUT2D eigenvalue weighted by atomic mass is 10.1. The van der Waals surface area contributed by atoms with Gasteiger partial charge in [-0.25, -0.2) is 4.39 Å². The highest BCUT2D eigenvalue weighted by Gasteiger charge is 2.13. The predicted molar refractivity (Wildman–Crippen MR) is 72.2 cm³/mol. The number of carbonyl (C=O) groups is 1. The van der Waals surface area contributed by atoms with Gasteiger partial charge in [0.25, 0.3) is 11.6 Å². The Morgan fingerprint density at radius 1 is 1.29 bits per heavy atom. The van der Waals surface area contributed by atoms with Gasteiger partial charge in [0.2, 0.25) is 0 Å². The molecule has 2 aromatic rings. The van der Waals surface area contributed by atoms with Gasteiger partial charge < -0.3 is 5.32 Å². The second-order valence-corrected chi connectivity index (χ2v) is 4.07. The van der Waals surface area contributed by atoms with E-state index in [0.717, 1.165) is 18.2 Å². The van der Waals surface area contributed by atoms with E-state index in [1.54, 1.807) is 0 Å². The van der Waals surface area contributed by atoms with E-state index in [1.165, 1.54) is 24.3 Å². The number of benzene rings is 2. The first-order valence-corrected chi connectivity index (χ1v) is 5.76. The number of nitro benzene ring substituents is 1. The highest BCUT2D eigenvalue weighted by molar-refractivity contribution is 6.04. The second kappa shape index (κ2) is 5.79. The van der Waals surface area contributed by atoms with E-state index < -0.39 is 22.3 Å². The molecule has 104 valence electrons. The average molecular weight is 285 g/mol. The zero-order valence-corrected chi connectivity index (χ0v) is 10.5. The summed E-state index contributed by atoms with van der Waals surface area (Å²) in [7, 11) is 0. The maximum absolute atomic E-state index is 13.7. The first kappa shape index (κ1) is 14.1. The van der Waals surface area contributed by atoms with Crippen LogP contribution in [0, 0.1) is 27.3 Å². The lowest BCUT2D eigenvalue weighted by Crippen LogP contribution is -2.13. The molecule has 7 heteroatoms. The molecule has 0 atom stereocenters. The largest absolute Gasteiger partial charge is 0.319 e. The van der Waals surface area contributed by atoms with Crippen molar-refractivity contribution in [2.75, 3.05) is 5.32 Å². The predicted octanol–water partition coefficient (Wildman–Crippen LogP) is 2.86. The highest BCUT2D eigenvalue weighted by atomic mass is 19.1. The van der Waals surface area contributed by atoms with Crippen LogP contribution in [0.15, 0.2) is 42.5 Å². The van der Waals surface area contributed by atoms with Crippen LogP contribution in [-0.4, -0.2) is 10.8 Å². The van der Waals surface area contributed by atoms with E-state index in [2.05, 4.69) is 5.32 Å². The zero-order valence-electron chi connectivity index (χ0n) is 10.5. The lowest BCUT2D eigenvalue weighted by Gasteiger charge is -2.06. The van der Waals surface area contributed by atoms with Gasteiger partial charge in [-0.2, -0.15) is 5.26 Å². The number of nitrogens with zero attached hydrogens (tertiary/aromatic N) is 2. The van der Waals surface area contributed by atoms with Crippen LogP contribution in [-0.2, 0) is 0 Å². The van der Waals surface area contributed by atoms with E-state index in [0.29, 0.717) is 5.56 Å². The van der Waals surface area contributed by atoms with Gasteiger partial charge in [0.1, 0.15) is 0 Å². The number of anilines is 1. The number of halogens is 1. The molecule has 2 rings (SSSR count). The van der Waals surface area contributed by atoms with Gasteiger partial charge in [0.15, 0.2) is 5.82 Å². The summed E-state index contributed by atoms with van der Waals surface area (Å²) in [5.41, 5.74) is -0.0939. The molecule has 1 amide bonds. The summed E-state index contributed by atoms with van der Waals surface area (Å²) in [6.45, 7) is 0. The van der Waals surface area contributed by atoms with E-state index in [4.69, 9.17) is 5.26 Å². The highest BCUT2D eigenvalue weighted by Crippen LogP contribution is 2.21. The number of nitriles is 1. The lowest BCUT2D eigenvalue weighted by molar-refractivity contribution is -0.385. The molecule has 1 N–H and O–H groups in total. The van der Waals surface area contributed by atoms with Gasteiger partial charge in [0, 0.05) is 11.6 Å². The van der Waals surface area contributed by atoms with Crippen LogP contribution in [0.4, 0.5) is 15.8 Å². The van der Waals surface area contributed by atoms with Crippen LogP contribution in [0.3, 0.4) is 0 Å². The third kappa shape index (κ3) is 3.19. The Morgan fingerprint density at radius 2 is 2.05 bits per heavy atom. The fourth-order valence-electron chi connectivity index (χ4n) is 1.64. The minimum absolute atomic E-state index is 0.173. The van der Waals surface area contributed by atoms with E-state index >= 15 is 0 Å². The van der Waals surface area contributed by atoms with Gasteiger partial charge in [-0.1, -0.05) is 6.07 Å². The Balaban J connectivity index is 2.23. The number of nitro groups is 1. The number of carbonyl (C=O) groups excluding carboxylic acids is 1. The molecule has 0 saturated carbocycles. The Bertz CT molecular complexity index is 768. The van der Waals surface area contributed by atoms with Crippen LogP contribution < -0.4 is 5.32 Å². The summed E-state index contributed by atoms with van der Waals surface area (Å²) < 4.78 is 13.7. The van der Waals surface area contributed by atoms with Crippen molar-refractivity contribution in [3.63, 3.8) is 0 Å². The quantitative estimate of drug-likeness (QED) is 0.692. The van der Waals surface area contributed by atoms with E-state index in [9.17, 15) is 19.3 Å². The number of rotatable bonds is 3. The standard InChI is InChI=1S/C14H8FN3O3/c15-12-7-11(18(20)21)4-5-13(12)17-14(19)10-3-1-2-9(6-10)8-16/h1-7H,(H,17,19). The molecule has 0 spiro atoms. The molecule has 0 unspecified atom stereocenters. The van der Waals surface area contributed by atoms with Crippen LogP contribution >= 0.6 is 0 Å². The van der Waals surface area contributed by atoms with Crippen molar-refractivity contribution in [3.05, 3.63) is 69.5 Å². The van der Waals surface area contributed by atoms with Gasteiger partial charge in [-0.15, -0.1) is 0 Å².